The van der Waals surface area contributed by atoms with E-state index in [0.717, 1.165) is 45.9 Å². The molecule has 0 unspecified atom stereocenters. The van der Waals surface area contributed by atoms with Gasteiger partial charge in [-0.3, -0.25) is 24.9 Å². The summed E-state index contributed by atoms with van der Waals surface area (Å²) in [6.45, 7) is 82.1. The van der Waals surface area contributed by atoms with Crippen LogP contribution in [-0.4, -0.2) is 100 Å². The van der Waals surface area contributed by atoms with E-state index in [1.165, 1.54) is 30.1 Å². The van der Waals surface area contributed by atoms with Gasteiger partial charge < -0.3 is 0 Å². The van der Waals surface area contributed by atoms with Gasteiger partial charge in [-0.2, -0.15) is 20.4 Å². The van der Waals surface area contributed by atoms with E-state index in [1.54, 1.807) is 74.5 Å². The fraction of sp³-hybridized carbons (Fsp3) is 0.556. The number of rotatable bonds is 10. The zero-order valence-corrected chi connectivity index (χ0v) is 77.0. The van der Waals surface area contributed by atoms with Crippen LogP contribution in [0.25, 0.3) is 0 Å². The topological polar surface area (TPSA) is 258 Å². The minimum absolute atomic E-state index is 0.374. The molecule has 10 aromatic heterocycles. The maximum Gasteiger partial charge on any atom is 0.153 e. The normalized spacial score (nSPS) is 8.82. The fourth-order valence-corrected chi connectivity index (χ4v) is 6.26. The molecule has 0 saturated heterocycles. The molecule has 0 bridgehead atoms. The molecule has 0 fully saturated rings. The van der Waals surface area contributed by atoms with Crippen LogP contribution in [-0.2, 0) is 0 Å². The SMILES string of the molecule is CC.CC.CC.CC.CC.CC.CC.CC.CC.CC.CC(C)c1ccccn1.CC(C)c1cccnc1.CC(C)c1cccnn1.CC(C)c1ccncc1.CC(C)c1ccncn1.CC(C)c1cnccn1.CC(C)c1cncnn1.CC(C)c1ncccn1.CC(C)c1nccnn1.CC(C)c1ncncn1. The van der Waals surface area contributed by atoms with E-state index in [2.05, 4.69) is 231 Å². The Hall–Kier alpha value is -9.20. The maximum atomic E-state index is 4.18. The van der Waals surface area contributed by atoms with Crippen molar-refractivity contribution in [2.24, 2.45) is 0 Å². The van der Waals surface area contributed by atoms with E-state index in [0.29, 0.717) is 59.2 Å². The Morgan fingerprint density at radius 3 is 0.845 bits per heavy atom. The van der Waals surface area contributed by atoms with E-state index in [9.17, 15) is 0 Å². The van der Waals surface area contributed by atoms with Crippen molar-refractivity contribution in [2.45, 2.75) is 336 Å². The summed E-state index contributed by atoms with van der Waals surface area (Å²) in [6, 6.07) is 21.8. The van der Waals surface area contributed by atoms with Crippen LogP contribution in [0.3, 0.4) is 0 Å². The zero-order valence-electron chi connectivity index (χ0n) is 77.0. The maximum absolute atomic E-state index is 4.18. The number of hydrogen-bond donors (Lipinski definition) is 0. The Morgan fingerprint density at radius 1 is 0.182 bits per heavy atom. The quantitative estimate of drug-likeness (QED) is 0.123. The van der Waals surface area contributed by atoms with Crippen molar-refractivity contribution in [3.63, 3.8) is 0 Å². The fourth-order valence-electron chi connectivity index (χ4n) is 6.26. The molecule has 20 nitrogen and oxygen atoms in total. The van der Waals surface area contributed by atoms with Crippen LogP contribution in [0, 0.1) is 0 Å². The molecule has 10 heterocycles. The highest BCUT2D eigenvalue weighted by Crippen LogP contribution is 2.14. The van der Waals surface area contributed by atoms with Gasteiger partial charge in [-0.15, -0.1) is 10.2 Å². The first-order chi connectivity index (χ1) is 53.0. The predicted octanol–water partition coefficient (Wildman–Crippen LogP) is 26.3. The lowest BCUT2D eigenvalue weighted by Gasteiger charge is -2.01. The molecule has 0 aliphatic rings. The molecule has 0 aromatic carbocycles. The van der Waals surface area contributed by atoms with E-state index in [-0.39, 0.29) is 0 Å². The number of nitrogens with zero attached hydrogens (tertiary/aromatic N) is 20. The van der Waals surface area contributed by atoms with E-state index in [1.807, 2.05) is 238 Å². The first-order valence-electron chi connectivity index (χ1n) is 40.7. The summed E-state index contributed by atoms with van der Waals surface area (Å²) >= 11 is 0. The molecule has 0 N–H and O–H groups in total. The van der Waals surface area contributed by atoms with Gasteiger partial charge in [0, 0.05) is 110 Å². The van der Waals surface area contributed by atoms with Gasteiger partial charge >= 0.3 is 0 Å². The molecule has 0 atom stereocenters. The Morgan fingerprint density at radius 2 is 0.573 bits per heavy atom. The molecule has 0 aliphatic heterocycles. The molecule has 0 spiro atoms. The first kappa shape index (κ1) is 122. The van der Waals surface area contributed by atoms with Crippen LogP contribution >= 0.6 is 0 Å². The van der Waals surface area contributed by atoms with Gasteiger partial charge in [-0.1, -0.05) is 289 Å². The molecule has 0 aliphatic carbocycles. The van der Waals surface area contributed by atoms with Gasteiger partial charge in [0.05, 0.1) is 29.5 Å². The largest absolute Gasteiger partial charge is 0.265 e. The standard InChI is InChI=1S/3C8H11N.4C7H10N2.3C6H9N3.10C2H6/c1-7(2)8-3-5-9-6-4-8;1-7(2)8-4-3-5-9-6-8;1-7(2)8-5-3-4-6-9-8;1-6(2)7-5-8-3-4-9-7;1-6(2)7-3-4-8-5-9-7;1-6(2)7-8-4-3-5-9-7;1-6(2)7-4-3-5-8-9-7;1-5(2)6-8-3-7-4-9-6;1-5(2)6-3-7-4-8-9-6;1-5(2)6-7-3-4-8-9-6;10*1-2/h3*3-7H,1-2H3;4*3-6H,1-2H3;3*3-5H,1-2H3;10*1-2H3. The highest BCUT2D eigenvalue weighted by atomic mass is 15.1. The molecule has 620 valence electrons. The van der Waals surface area contributed by atoms with Gasteiger partial charge in [0.2, 0.25) is 0 Å². The van der Waals surface area contributed by atoms with Gasteiger partial charge in [0.15, 0.2) is 5.82 Å². The Labute approximate surface area is 675 Å². The number of aromatic nitrogens is 20. The van der Waals surface area contributed by atoms with E-state index >= 15 is 0 Å². The van der Waals surface area contributed by atoms with Gasteiger partial charge in [0.1, 0.15) is 37.0 Å². The summed E-state index contributed by atoms with van der Waals surface area (Å²) in [5.74, 6) is 7.44. The van der Waals surface area contributed by atoms with Gasteiger partial charge in [-0.25, -0.2) is 44.9 Å². The minimum atomic E-state index is 0.374. The molecule has 110 heavy (non-hydrogen) atoms. The lowest BCUT2D eigenvalue weighted by molar-refractivity contribution is 0.735. The lowest BCUT2D eigenvalue weighted by atomic mass is 10.1. The summed E-state index contributed by atoms with van der Waals surface area (Å²) < 4.78 is 0. The van der Waals surface area contributed by atoms with Crippen molar-refractivity contribution in [3.8, 4) is 0 Å². The average Bonchev–Trinajstić information content (AvgIpc) is 1.12. The molecule has 10 rings (SSSR count). The Kier molecular flexibility index (Phi) is 106. The smallest absolute Gasteiger partial charge is 0.153 e. The summed E-state index contributed by atoms with van der Waals surface area (Å²) in [5.41, 5.74) is 7.97. The third-order valence-electron chi connectivity index (χ3n) is 11.8. The van der Waals surface area contributed by atoms with Crippen LogP contribution in [0.2, 0.25) is 0 Å². The van der Waals surface area contributed by atoms with Crippen LogP contribution in [0.4, 0.5) is 0 Å². The van der Waals surface area contributed by atoms with Crippen molar-refractivity contribution < 1.29 is 0 Å². The number of pyridine rings is 3. The molecular formula is C90H160N20. The first-order valence-corrected chi connectivity index (χ1v) is 40.7. The Bertz CT molecular complexity index is 2420. The molecule has 0 amide bonds. The van der Waals surface area contributed by atoms with E-state index < -0.39 is 0 Å². The third kappa shape index (κ3) is 77.0. The van der Waals surface area contributed by atoms with Crippen LogP contribution in [0.1, 0.15) is 393 Å². The second-order valence-electron chi connectivity index (χ2n) is 22.9. The van der Waals surface area contributed by atoms with Crippen molar-refractivity contribution in [2.75, 3.05) is 0 Å². The highest BCUT2D eigenvalue weighted by Gasteiger charge is 2.03. The van der Waals surface area contributed by atoms with Crippen LogP contribution in [0.15, 0.2) is 185 Å². The molecule has 0 saturated carbocycles. The summed E-state index contributed by atoms with van der Waals surface area (Å²) in [6.07, 6.45) is 32.4. The Balaban J connectivity index is -0.000000123. The van der Waals surface area contributed by atoms with Gasteiger partial charge in [-0.05, 0) is 107 Å². The molecular weight excluding hydrogens is 1360 g/mol. The summed E-state index contributed by atoms with van der Waals surface area (Å²) in [7, 11) is 0. The second-order valence-corrected chi connectivity index (χ2v) is 22.9. The second kappa shape index (κ2) is 95.9. The average molecular weight is 1520 g/mol. The molecule has 0 radical (unpaired) electrons. The van der Waals surface area contributed by atoms with E-state index in [4.69, 9.17) is 0 Å². The van der Waals surface area contributed by atoms with Gasteiger partial charge in [0.25, 0.3) is 0 Å². The monoisotopic (exact) mass is 1520 g/mol. The number of hydrogen-bond acceptors (Lipinski definition) is 20. The summed E-state index contributed by atoms with van der Waals surface area (Å²) in [5, 5.41) is 22.7. The van der Waals surface area contributed by atoms with Crippen molar-refractivity contribution in [1.82, 2.24) is 100 Å². The third-order valence-corrected chi connectivity index (χ3v) is 11.8. The van der Waals surface area contributed by atoms with Crippen molar-refractivity contribution >= 4 is 0 Å². The molecule has 20 heteroatoms. The highest BCUT2D eigenvalue weighted by molar-refractivity contribution is 5.14. The van der Waals surface area contributed by atoms with Crippen molar-refractivity contribution in [3.05, 3.63) is 242 Å². The predicted molar refractivity (Wildman–Crippen MR) is 475 cm³/mol. The molecule has 10 aromatic rings. The summed E-state index contributed by atoms with van der Waals surface area (Å²) in [4.78, 5) is 55.6. The van der Waals surface area contributed by atoms with Crippen LogP contribution in [0.5, 0.6) is 0 Å². The van der Waals surface area contributed by atoms with Crippen LogP contribution < -0.4 is 0 Å². The lowest BCUT2D eigenvalue weighted by Crippen LogP contribution is -1.96. The zero-order chi connectivity index (χ0) is 86.9. The van der Waals surface area contributed by atoms with Crippen molar-refractivity contribution in [1.29, 1.82) is 0 Å². The minimum Gasteiger partial charge on any atom is -0.265 e.